The third-order valence-electron chi connectivity index (χ3n) is 2.92. The largest absolute Gasteiger partial charge is 0.373 e. The van der Waals surface area contributed by atoms with Crippen LogP contribution in [-0.4, -0.2) is 12.0 Å². The molecular formula is C16H20N2S. The van der Waals surface area contributed by atoms with Crippen molar-refractivity contribution < 1.29 is 0 Å². The average molecular weight is 272 g/mol. The van der Waals surface area contributed by atoms with E-state index in [4.69, 9.17) is 0 Å². The predicted octanol–water partition coefficient (Wildman–Crippen LogP) is 4.57. The lowest BCUT2D eigenvalue weighted by molar-refractivity contribution is 0.590. The van der Waals surface area contributed by atoms with Crippen molar-refractivity contribution in [3.8, 4) is 0 Å². The number of pyridine rings is 1. The number of hydrogen-bond donors (Lipinski definition) is 1. The third-order valence-corrected chi connectivity index (χ3v) is 3.87. The van der Waals surface area contributed by atoms with Gasteiger partial charge in [0.2, 0.25) is 0 Å². The Bertz CT molecular complexity index is 541. The lowest BCUT2D eigenvalue weighted by atomic mass is 9.87. The molecule has 2 rings (SSSR count). The average Bonchev–Trinajstić information content (AvgIpc) is 2.38. The molecule has 0 aliphatic heterocycles. The molecule has 19 heavy (non-hydrogen) atoms. The van der Waals surface area contributed by atoms with Crippen LogP contribution in [0.25, 0.3) is 0 Å². The molecule has 0 fully saturated rings. The highest BCUT2D eigenvalue weighted by Gasteiger charge is 2.13. The summed E-state index contributed by atoms with van der Waals surface area (Å²) in [5, 5.41) is 4.07. The molecule has 2 aromatic rings. The lowest BCUT2D eigenvalue weighted by Crippen LogP contribution is -2.10. The van der Waals surface area contributed by atoms with Crippen LogP contribution < -0.4 is 5.32 Å². The first-order valence-electron chi connectivity index (χ1n) is 6.42. The third kappa shape index (κ3) is 3.74. The van der Waals surface area contributed by atoms with Crippen molar-refractivity contribution in [1.29, 1.82) is 0 Å². The van der Waals surface area contributed by atoms with Gasteiger partial charge in [-0.25, -0.2) is 4.98 Å². The molecule has 1 N–H and O–H groups in total. The van der Waals surface area contributed by atoms with Gasteiger partial charge in [-0.05, 0) is 35.2 Å². The Labute approximate surface area is 119 Å². The van der Waals surface area contributed by atoms with Gasteiger partial charge in [-0.15, -0.1) is 0 Å². The monoisotopic (exact) mass is 272 g/mol. The van der Waals surface area contributed by atoms with Crippen molar-refractivity contribution in [3.05, 3.63) is 48.0 Å². The molecule has 0 radical (unpaired) electrons. The SMILES string of the molecule is CNc1cccc(Sc2ccc(C(C)(C)C)cc2)n1. The number of aromatic nitrogens is 1. The summed E-state index contributed by atoms with van der Waals surface area (Å²) in [7, 11) is 1.88. The highest BCUT2D eigenvalue weighted by atomic mass is 32.2. The van der Waals surface area contributed by atoms with Gasteiger partial charge < -0.3 is 5.32 Å². The van der Waals surface area contributed by atoms with E-state index in [1.54, 1.807) is 11.8 Å². The molecule has 100 valence electrons. The first-order chi connectivity index (χ1) is 8.99. The molecule has 0 bridgehead atoms. The van der Waals surface area contributed by atoms with Gasteiger partial charge in [0.25, 0.3) is 0 Å². The van der Waals surface area contributed by atoms with Crippen LogP contribution in [0.2, 0.25) is 0 Å². The van der Waals surface area contributed by atoms with E-state index < -0.39 is 0 Å². The van der Waals surface area contributed by atoms with Gasteiger partial charge in [0.05, 0.1) is 0 Å². The first-order valence-corrected chi connectivity index (χ1v) is 7.24. The number of rotatable bonds is 3. The van der Waals surface area contributed by atoms with E-state index in [-0.39, 0.29) is 5.41 Å². The molecule has 0 saturated heterocycles. The molecule has 1 heterocycles. The summed E-state index contributed by atoms with van der Waals surface area (Å²) in [6.07, 6.45) is 0. The van der Waals surface area contributed by atoms with Crippen LogP contribution in [0.3, 0.4) is 0 Å². The predicted molar refractivity (Wildman–Crippen MR) is 83.0 cm³/mol. The van der Waals surface area contributed by atoms with Crippen molar-refractivity contribution in [1.82, 2.24) is 4.98 Å². The zero-order valence-corrected chi connectivity index (χ0v) is 12.7. The molecule has 0 saturated carbocycles. The van der Waals surface area contributed by atoms with Crippen LogP contribution in [0.5, 0.6) is 0 Å². The van der Waals surface area contributed by atoms with E-state index in [1.807, 2.05) is 25.2 Å². The van der Waals surface area contributed by atoms with Crippen LogP contribution in [-0.2, 0) is 5.41 Å². The van der Waals surface area contributed by atoms with Crippen LogP contribution in [0.15, 0.2) is 52.4 Å². The van der Waals surface area contributed by atoms with Crippen molar-refractivity contribution >= 4 is 17.6 Å². The van der Waals surface area contributed by atoms with E-state index in [0.29, 0.717) is 0 Å². The zero-order chi connectivity index (χ0) is 13.9. The zero-order valence-electron chi connectivity index (χ0n) is 11.9. The first kappa shape index (κ1) is 13.9. The number of benzene rings is 1. The topological polar surface area (TPSA) is 24.9 Å². The normalized spacial score (nSPS) is 11.4. The van der Waals surface area contributed by atoms with Gasteiger partial charge in [0.15, 0.2) is 0 Å². The molecule has 1 aromatic heterocycles. The second-order valence-electron chi connectivity index (χ2n) is 5.49. The van der Waals surface area contributed by atoms with Gasteiger partial charge in [0.1, 0.15) is 10.8 Å². The second-order valence-corrected chi connectivity index (χ2v) is 6.58. The maximum absolute atomic E-state index is 4.51. The fraction of sp³-hybridized carbons (Fsp3) is 0.312. The number of anilines is 1. The molecule has 0 aliphatic rings. The lowest BCUT2D eigenvalue weighted by Gasteiger charge is -2.19. The van der Waals surface area contributed by atoms with Gasteiger partial charge in [-0.1, -0.05) is 50.7 Å². The van der Waals surface area contributed by atoms with E-state index in [1.165, 1.54) is 10.5 Å². The summed E-state index contributed by atoms with van der Waals surface area (Å²) in [6, 6.07) is 14.7. The maximum Gasteiger partial charge on any atom is 0.127 e. The van der Waals surface area contributed by atoms with E-state index >= 15 is 0 Å². The number of nitrogens with zero attached hydrogens (tertiary/aromatic N) is 1. The molecule has 3 heteroatoms. The van der Waals surface area contributed by atoms with Gasteiger partial charge >= 0.3 is 0 Å². The summed E-state index contributed by atoms with van der Waals surface area (Å²) in [6.45, 7) is 6.69. The molecule has 0 amide bonds. The standard InChI is InChI=1S/C16H20N2S/c1-16(2,3)12-8-10-13(11-9-12)19-15-7-5-6-14(17-4)18-15/h5-11H,1-4H3,(H,17,18). The Morgan fingerprint density at radius 3 is 2.26 bits per heavy atom. The van der Waals surface area contributed by atoms with Crippen LogP contribution >= 0.6 is 11.8 Å². The molecule has 0 aliphatic carbocycles. The minimum atomic E-state index is 0.202. The highest BCUT2D eigenvalue weighted by Crippen LogP contribution is 2.29. The number of hydrogen-bond acceptors (Lipinski definition) is 3. The minimum Gasteiger partial charge on any atom is -0.373 e. The van der Waals surface area contributed by atoms with Crippen LogP contribution in [0.1, 0.15) is 26.3 Å². The number of nitrogens with one attached hydrogen (secondary N) is 1. The van der Waals surface area contributed by atoms with Crippen LogP contribution in [0, 0.1) is 0 Å². The Morgan fingerprint density at radius 2 is 1.68 bits per heavy atom. The quantitative estimate of drug-likeness (QED) is 0.885. The van der Waals surface area contributed by atoms with Gasteiger partial charge in [0, 0.05) is 11.9 Å². The molecule has 0 unspecified atom stereocenters. The Hall–Kier alpha value is -1.48. The van der Waals surface area contributed by atoms with E-state index in [0.717, 1.165) is 10.8 Å². The van der Waals surface area contributed by atoms with Gasteiger partial charge in [-0.2, -0.15) is 0 Å². The van der Waals surface area contributed by atoms with Crippen molar-refractivity contribution in [2.24, 2.45) is 0 Å². The second kappa shape index (κ2) is 5.66. The summed E-state index contributed by atoms with van der Waals surface area (Å²) in [4.78, 5) is 5.73. The Kier molecular flexibility index (Phi) is 4.15. The fourth-order valence-electron chi connectivity index (χ4n) is 1.75. The van der Waals surface area contributed by atoms with Crippen molar-refractivity contribution in [2.45, 2.75) is 36.1 Å². The van der Waals surface area contributed by atoms with Gasteiger partial charge in [-0.3, -0.25) is 0 Å². The highest BCUT2D eigenvalue weighted by molar-refractivity contribution is 7.99. The molecular weight excluding hydrogens is 252 g/mol. The Morgan fingerprint density at radius 1 is 1.00 bits per heavy atom. The van der Waals surface area contributed by atoms with E-state index in [9.17, 15) is 0 Å². The molecule has 0 atom stereocenters. The minimum absolute atomic E-state index is 0.202. The summed E-state index contributed by atoms with van der Waals surface area (Å²) < 4.78 is 0. The van der Waals surface area contributed by atoms with Crippen molar-refractivity contribution in [2.75, 3.05) is 12.4 Å². The summed E-state index contributed by atoms with van der Waals surface area (Å²) in [5.41, 5.74) is 1.56. The van der Waals surface area contributed by atoms with E-state index in [2.05, 4.69) is 55.3 Å². The summed E-state index contributed by atoms with van der Waals surface area (Å²) in [5.74, 6) is 0.899. The summed E-state index contributed by atoms with van der Waals surface area (Å²) >= 11 is 1.69. The van der Waals surface area contributed by atoms with Crippen molar-refractivity contribution in [3.63, 3.8) is 0 Å². The van der Waals surface area contributed by atoms with Crippen LogP contribution in [0.4, 0.5) is 5.82 Å². The molecule has 2 nitrogen and oxygen atoms in total. The molecule has 1 aromatic carbocycles. The smallest absolute Gasteiger partial charge is 0.127 e. The Balaban J connectivity index is 2.15. The molecule has 0 spiro atoms. The fourth-order valence-corrected chi connectivity index (χ4v) is 2.56. The maximum atomic E-state index is 4.51.